The van der Waals surface area contributed by atoms with Gasteiger partial charge in [-0.1, -0.05) is 98.4 Å². The predicted molar refractivity (Wildman–Crippen MR) is 164 cm³/mol. The number of rotatable bonds is 5. The minimum atomic E-state index is -0.607. The first-order valence-electron chi connectivity index (χ1n) is 13.2. The topological polar surface area (TPSA) is 0 Å². The molecule has 0 spiro atoms. The summed E-state index contributed by atoms with van der Waals surface area (Å²) in [7, 11) is -0.834. The van der Waals surface area contributed by atoms with Gasteiger partial charge in [0.15, 0.2) is 0 Å². The molecule has 0 amide bonds. The van der Waals surface area contributed by atoms with Gasteiger partial charge in [-0.05, 0) is 121 Å². The number of hydrogen-bond acceptors (Lipinski definition) is 0. The van der Waals surface area contributed by atoms with Crippen molar-refractivity contribution in [3.63, 3.8) is 0 Å². The highest BCUT2D eigenvalue weighted by Crippen LogP contribution is 2.66. The normalized spacial score (nSPS) is 15.6. The van der Waals surface area contributed by atoms with Crippen LogP contribution < -0.4 is 10.6 Å². The van der Waals surface area contributed by atoms with Crippen molar-refractivity contribution in [3.05, 3.63) is 80.7 Å². The quantitative estimate of drug-likeness (QED) is 0.354. The zero-order valence-corrected chi connectivity index (χ0v) is 26.4. The van der Waals surface area contributed by atoms with E-state index in [1.54, 1.807) is 10.9 Å². The highest BCUT2D eigenvalue weighted by Gasteiger charge is 2.40. The molecular formula is C33H48P2. The van der Waals surface area contributed by atoms with E-state index in [2.05, 4.69) is 126 Å². The molecular weight excluding hydrogens is 458 g/mol. The van der Waals surface area contributed by atoms with Crippen LogP contribution in [0, 0.1) is 41.5 Å². The fraction of sp³-hybridized carbons (Fsp3) is 0.515. The Morgan fingerprint density at radius 3 is 1.37 bits per heavy atom. The number of aryl methyl sites for hydroxylation is 4. The minimum absolute atomic E-state index is 0.227. The van der Waals surface area contributed by atoms with Crippen LogP contribution in [-0.4, -0.2) is 16.0 Å². The molecule has 1 unspecified atom stereocenters. The molecule has 3 rings (SSSR count). The Labute approximate surface area is 219 Å². The molecule has 1 atom stereocenters. The predicted octanol–water partition coefficient (Wildman–Crippen LogP) is 9.65. The van der Waals surface area contributed by atoms with Gasteiger partial charge in [0.1, 0.15) is 0 Å². The van der Waals surface area contributed by atoms with Crippen LogP contribution in [0.5, 0.6) is 0 Å². The summed E-state index contributed by atoms with van der Waals surface area (Å²) in [6, 6.07) is 9.93. The number of allylic oxidation sites excluding steroid dienone is 4. The van der Waals surface area contributed by atoms with E-state index in [1.807, 2.05) is 0 Å². The molecule has 0 saturated heterocycles. The Morgan fingerprint density at radius 2 is 1.03 bits per heavy atom. The van der Waals surface area contributed by atoms with Crippen molar-refractivity contribution >= 4 is 26.5 Å². The fourth-order valence-electron chi connectivity index (χ4n) is 6.15. The second-order valence-electron chi connectivity index (χ2n) is 12.6. The van der Waals surface area contributed by atoms with Crippen molar-refractivity contribution in [2.24, 2.45) is 0 Å². The maximum Gasteiger partial charge on any atom is -0.000563 e. The van der Waals surface area contributed by atoms with Crippen molar-refractivity contribution in [3.8, 4) is 0 Å². The third-order valence-electron chi connectivity index (χ3n) is 7.86. The van der Waals surface area contributed by atoms with Gasteiger partial charge < -0.3 is 0 Å². The Hall–Kier alpha value is -1.22. The molecule has 0 aromatic heterocycles. The van der Waals surface area contributed by atoms with Crippen molar-refractivity contribution in [2.45, 2.75) is 112 Å². The van der Waals surface area contributed by atoms with E-state index in [1.165, 1.54) is 44.0 Å². The average molecular weight is 507 g/mol. The first kappa shape index (κ1) is 28.4. The summed E-state index contributed by atoms with van der Waals surface area (Å²) in [6.45, 7) is 31.0. The smallest absolute Gasteiger partial charge is 0.000563 e. The summed E-state index contributed by atoms with van der Waals surface area (Å²) in [6.07, 6.45) is 6.04. The summed E-state index contributed by atoms with van der Waals surface area (Å²) in [5.41, 5.74) is 10.8. The van der Waals surface area contributed by atoms with Gasteiger partial charge in [0.05, 0.1) is 0 Å². The molecule has 190 valence electrons. The molecule has 2 heteroatoms. The Bertz CT molecular complexity index is 1050. The van der Waals surface area contributed by atoms with Gasteiger partial charge in [-0.15, -0.1) is 0 Å². The van der Waals surface area contributed by atoms with Gasteiger partial charge in [-0.2, -0.15) is 0 Å². The maximum atomic E-state index is 2.54. The molecule has 0 aliphatic heterocycles. The van der Waals surface area contributed by atoms with Crippen molar-refractivity contribution < 1.29 is 0 Å². The lowest BCUT2D eigenvalue weighted by molar-refractivity contribution is 0.693. The van der Waals surface area contributed by atoms with Crippen LogP contribution >= 0.6 is 15.8 Å². The average Bonchev–Trinajstić information content (AvgIpc) is 3.17. The minimum Gasteiger partial charge on any atom is -0.0885 e. The van der Waals surface area contributed by atoms with Crippen molar-refractivity contribution in [2.75, 3.05) is 0 Å². The summed E-state index contributed by atoms with van der Waals surface area (Å²) in [5, 5.41) is 5.24. The third-order valence-corrected chi connectivity index (χ3v) is 14.3. The van der Waals surface area contributed by atoms with Crippen LogP contribution in [0.2, 0.25) is 0 Å². The molecule has 0 radical (unpaired) electrons. The van der Waals surface area contributed by atoms with Crippen LogP contribution in [0.1, 0.15) is 88.3 Å². The fourth-order valence-corrected chi connectivity index (χ4v) is 14.1. The first-order chi connectivity index (χ1) is 16.0. The molecule has 0 heterocycles. The second kappa shape index (κ2) is 10.3. The Kier molecular flexibility index (Phi) is 8.32. The third kappa shape index (κ3) is 5.86. The molecule has 35 heavy (non-hydrogen) atoms. The first-order valence-corrected chi connectivity index (χ1v) is 15.9. The van der Waals surface area contributed by atoms with Crippen LogP contribution in [0.3, 0.4) is 0 Å². The van der Waals surface area contributed by atoms with E-state index in [4.69, 9.17) is 0 Å². The monoisotopic (exact) mass is 506 g/mol. The highest BCUT2D eigenvalue weighted by molar-refractivity contribution is 7.77. The summed E-state index contributed by atoms with van der Waals surface area (Å²) in [4.78, 5) is 0. The Morgan fingerprint density at radius 1 is 0.657 bits per heavy atom. The lowest BCUT2D eigenvalue weighted by Crippen LogP contribution is -2.31. The highest BCUT2D eigenvalue weighted by atomic mass is 31.1. The SMILES string of the molecule is Cc1cc(P(C2=C(C(C)P(C(C)(C)C)C(C)(C)C)CC=C2)c2cc(C)c(C)c(C)c2)cc(C)c1C. The molecule has 0 nitrogen and oxygen atoms in total. The van der Waals surface area contributed by atoms with E-state index < -0.39 is 7.92 Å². The van der Waals surface area contributed by atoms with E-state index in [0.717, 1.165) is 6.42 Å². The molecule has 1 aliphatic carbocycles. The van der Waals surface area contributed by atoms with Gasteiger partial charge in [-0.25, -0.2) is 0 Å². The summed E-state index contributed by atoms with van der Waals surface area (Å²) < 4.78 is 0. The van der Waals surface area contributed by atoms with Crippen molar-refractivity contribution in [1.82, 2.24) is 0 Å². The number of hydrogen-bond donors (Lipinski definition) is 0. The van der Waals surface area contributed by atoms with Gasteiger partial charge in [-0.3, -0.25) is 0 Å². The maximum absolute atomic E-state index is 2.54. The van der Waals surface area contributed by atoms with Gasteiger partial charge in [0.25, 0.3) is 0 Å². The molecule has 0 saturated carbocycles. The molecule has 2 aromatic carbocycles. The second-order valence-corrected chi connectivity index (χ2v) is 19.0. The van der Waals surface area contributed by atoms with Crippen LogP contribution in [0.25, 0.3) is 0 Å². The Balaban J connectivity index is 2.30. The van der Waals surface area contributed by atoms with Crippen LogP contribution in [0.4, 0.5) is 0 Å². The molecule has 2 aromatic rings. The lowest BCUT2D eigenvalue weighted by atomic mass is 10.0. The lowest BCUT2D eigenvalue weighted by Gasteiger charge is -2.46. The molecule has 0 bridgehead atoms. The standard InChI is InChI=1S/C33H48P2/c1-21-17-28(18-22(2)25(21)5)34(29-19-23(3)26(6)24(4)20-29)31-16-14-15-30(31)27(7)35(32(8,9)10)33(11,12)13/h14,16-20,27H,15H2,1-13H3. The molecule has 0 fully saturated rings. The van der Waals surface area contributed by atoms with E-state index in [0.29, 0.717) is 16.0 Å². The zero-order valence-electron chi connectivity index (χ0n) is 24.6. The number of benzene rings is 2. The van der Waals surface area contributed by atoms with E-state index in [9.17, 15) is 0 Å². The van der Waals surface area contributed by atoms with Crippen LogP contribution in [0.15, 0.2) is 47.3 Å². The molecule has 1 aliphatic rings. The van der Waals surface area contributed by atoms with Crippen LogP contribution in [-0.2, 0) is 0 Å². The van der Waals surface area contributed by atoms with Crippen molar-refractivity contribution in [1.29, 1.82) is 0 Å². The zero-order chi connectivity index (χ0) is 26.5. The summed E-state index contributed by atoms with van der Waals surface area (Å²) in [5.74, 6) is 0. The van der Waals surface area contributed by atoms with Gasteiger partial charge in [0.2, 0.25) is 0 Å². The summed E-state index contributed by atoms with van der Waals surface area (Å²) >= 11 is 0. The van der Waals surface area contributed by atoms with Gasteiger partial charge >= 0.3 is 0 Å². The largest absolute Gasteiger partial charge is 0.0885 e. The molecule has 0 N–H and O–H groups in total. The van der Waals surface area contributed by atoms with E-state index in [-0.39, 0.29) is 7.92 Å². The van der Waals surface area contributed by atoms with Gasteiger partial charge in [0, 0.05) is 0 Å². The van der Waals surface area contributed by atoms with E-state index >= 15 is 0 Å².